The van der Waals surface area contributed by atoms with Crippen LogP contribution in [-0.2, 0) is 0 Å². The van der Waals surface area contributed by atoms with Crippen LogP contribution < -0.4 is 4.90 Å². The Morgan fingerprint density at radius 2 is 1.88 bits per heavy atom. The minimum Gasteiger partial charge on any atom is -0.370 e. The van der Waals surface area contributed by atoms with E-state index in [9.17, 15) is 5.26 Å². The van der Waals surface area contributed by atoms with Crippen LogP contribution in [0.15, 0.2) is 65.2 Å². The predicted molar refractivity (Wildman–Crippen MR) is 143 cm³/mol. The number of benzene rings is 1. The number of hydrogen-bond donors (Lipinski definition) is 0. The van der Waals surface area contributed by atoms with Crippen molar-refractivity contribution in [1.29, 1.82) is 5.26 Å². The zero-order chi connectivity index (χ0) is 22.3. The summed E-state index contributed by atoms with van der Waals surface area (Å²) in [4.78, 5) is 8.07. The summed E-state index contributed by atoms with van der Waals surface area (Å²) in [6.07, 6.45) is 8.69. The number of aliphatic imine (C=N–C) groups is 1. The molecule has 0 spiro atoms. The Labute approximate surface area is 200 Å². The first-order valence-corrected chi connectivity index (χ1v) is 13.0. The van der Waals surface area contributed by atoms with Gasteiger partial charge in [-0.3, -0.25) is 4.99 Å². The van der Waals surface area contributed by atoms with Crippen LogP contribution >= 0.6 is 34.0 Å². The molecule has 0 bridgehead atoms. The van der Waals surface area contributed by atoms with Gasteiger partial charge in [0.25, 0.3) is 0 Å². The van der Waals surface area contributed by atoms with Crippen molar-refractivity contribution in [3.63, 3.8) is 0 Å². The third-order valence-electron chi connectivity index (χ3n) is 5.89. The molecule has 1 aliphatic heterocycles. The van der Waals surface area contributed by atoms with E-state index >= 15 is 0 Å². The maximum absolute atomic E-state index is 10.1. The molecule has 1 aliphatic rings. The fourth-order valence-electron chi connectivity index (χ4n) is 4.21. The summed E-state index contributed by atoms with van der Waals surface area (Å²) in [5, 5.41) is 11.4. The summed E-state index contributed by atoms with van der Waals surface area (Å²) in [6.45, 7) is 2.21. The number of fused-ring (bicyclic) bond motifs is 3. The van der Waals surface area contributed by atoms with Crippen LogP contribution in [0.4, 0.5) is 5.00 Å². The van der Waals surface area contributed by atoms with Gasteiger partial charge in [-0.2, -0.15) is 5.26 Å². The molecule has 0 fully saturated rings. The average Bonchev–Trinajstić information content (AvgIpc) is 3.54. The lowest BCUT2D eigenvalue weighted by molar-refractivity contribution is 0.527. The smallest absolute Gasteiger partial charge is 0.114 e. The zero-order valence-corrected chi connectivity index (χ0v) is 20.7. The molecule has 4 aromatic rings. The van der Waals surface area contributed by atoms with Gasteiger partial charge in [0.05, 0.1) is 26.0 Å². The van der Waals surface area contributed by atoms with Crippen molar-refractivity contribution >= 4 is 70.1 Å². The van der Waals surface area contributed by atoms with Gasteiger partial charge in [0, 0.05) is 34.6 Å². The van der Waals surface area contributed by atoms with E-state index in [-0.39, 0.29) is 5.92 Å². The molecule has 2 unspecified atom stereocenters. The van der Waals surface area contributed by atoms with Crippen LogP contribution in [0.2, 0.25) is 0 Å². The number of hydrogen-bond acceptors (Lipinski definition) is 6. The molecule has 0 amide bonds. The van der Waals surface area contributed by atoms with Crippen LogP contribution in [-0.4, -0.2) is 25.8 Å². The second-order valence-corrected chi connectivity index (χ2v) is 11.6. The molecule has 6 heteroatoms. The first-order valence-electron chi connectivity index (χ1n) is 10.5. The van der Waals surface area contributed by atoms with Crippen molar-refractivity contribution in [2.24, 2.45) is 4.99 Å². The second-order valence-electron chi connectivity index (χ2n) is 8.36. The minimum absolute atomic E-state index is 0.287. The molecule has 0 saturated carbocycles. The fraction of sp³-hybridized carbons (Fsp3) is 0.231. The Balaban J connectivity index is 1.51. The summed E-state index contributed by atoms with van der Waals surface area (Å²) in [6, 6.07) is 17.5. The lowest BCUT2D eigenvalue weighted by Gasteiger charge is -2.27. The van der Waals surface area contributed by atoms with Gasteiger partial charge < -0.3 is 4.90 Å². The summed E-state index contributed by atoms with van der Waals surface area (Å²) in [7, 11) is 4.17. The summed E-state index contributed by atoms with van der Waals surface area (Å²) >= 11 is 5.44. The topological polar surface area (TPSA) is 39.4 Å². The molecule has 0 saturated heterocycles. The molecular weight excluding hydrogens is 451 g/mol. The first kappa shape index (κ1) is 21.1. The zero-order valence-electron chi connectivity index (χ0n) is 18.2. The normalized spacial score (nSPS) is 19.1. The van der Waals surface area contributed by atoms with Gasteiger partial charge in [-0.15, -0.1) is 34.0 Å². The monoisotopic (exact) mass is 473 g/mol. The second kappa shape index (κ2) is 8.32. The Hall–Kier alpha value is -2.72. The Bertz CT molecular complexity index is 1400. The van der Waals surface area contributed by atoms with Gasteiger partial charge in [0.1, 0.15) is 5.54 Å². The van der Waals surface area contributed by atoms with Crippen molar-refractivity contribution in [3.8, 4) is 6.07 Å². The van der Waals surface area contributed by atoms with Gasteiger partial charge in [0.15, 0.2) is 0 Å². The third kappa shape index (κ3) is 3.71. The van der Waals surface area contributed by atoms with Gasteiger partial charge in [0.2, 0.25) is 0 Å². The van der Waals surface area contributed by atoms with Gasteiger partial charge >= 0.3 is 0 Å². The van der Waals surface area contributed by atoms with Gasteiger partial charge in [-0.1, -0.05) is 43.3 Å². The molecule has 0 aliphatic carbocycles. The Kier molecular flexibility index (Phi) is 5.50. The van der Waals surface area contributed by atoms with Crippen LogP contribution in [0, 0.1) is 11.3 Å². The van der Waals surface area contributed by atoms with E-state index in [0.29, 0.717) is 5.57 Å². The summed E-state index contributed by atoms with van der Waals surface area (Å²) in [5.41, 5.74) is 1.38. The molecule has 3 aromatic heterocycles. The largest absolute Gasteiger partial charge is 0.370 e. The third-order valence-corrected chi connectivity index (χ3v) is 9.78. The number of rotatable bonds is 6. The lowest BCUT2D eigenvalue weighted by Crippen LogP contribution is -2.26. The number of anilines is 1. The molecule has 3 nitrogen and oxygen atoms in total. The highest BCUT2D eigenvalue weighted by Crippen LogP contribution is 2.46. The molecule has 0 N–H and O–H groups in total. The Morgan fingerprint density at radius 3 is 2.56 bits per heavy atom. The SMILES string of the molecule is CC(CC1(C(C#N)=Cc2cc3sc4cc(N(C)C)sc4c3s2)C=CC=N1)c1ccccc1. The molecule has 4 heterocycles. The van der Waals surface area contributed by atoms with Gasteiger partial charge in [-0.25, -0.2) is 0 Å². The standard InChI is InChI=1S/C26H23N3S3/c1-17(18-8-5-4-6-9-18)15-26(10-7-11-28-26)19(16-27)12-20-13-21-24(30-20)25-22(31-21)14-23(32-25)29(2)3/h4-14,17H,15H2,1-3H3. The maximum Gasteiger partial charge on any atom is 0.114 e. The lowest BCUT2D eigenvalue weighted by atomic mass is 9.80. The quantitative estimate of drug-likeness (QED) is 0.269. The van der Waals surface area contributed by atoms with Crippen LogP contribution in [0.25, 0.3) is 24.9 Å². The number of nitrogens with zero attached hydrogens (tertiary/aromatic N) is 3. The van der Waals surface area contributed by atoms with E-state index in [1.54, 1.807) is 11.3 Å². The van der Waals surface area contributed by atoms with Crippen molar-refractivity contribution in [1.82, 2.24) is 0 Å². The summed E-state index contributed by atoms with van der Waals surface area (Å²) in [5.74, 6) is 0.287. The fourth-order valence-corrected chi connectivity index (χ4v) is 8.10. The molecule has 0 radical (unpaired) electrons. The van der Waals surface area contributed by atoms with Crippen LogP contribution in [0.3, 0.4) is 0 Å². The molecule has 1 aromatic carbocycles. The van der Waals surface area contributed by atoms with E-state index in [4.69, 9.17) is 4.99 Å². The van der Waals surface area contributed by atoms with Crippen LogP contribution in [0.1, 0.15) is 29.7 Å². The molecule has 32 heavy (non-hydrogen) atoms. The van der Waals surface area contributed by atoms with E-state index in [0.717, 1.165) is 11.3 Å². The highest BCUT2D eigenvalue weighted by Gasteiger charge is 2.35. The van der Waals surface area contributed by atoms with E-state index < -0.39 is 5.54 Å². The van der Waals surface area contributed by atoms with Crippen molar-refractivity contribution < 1.29 is 0 Å². The van der Waals surface area contributed by atoms with E-state index in [1.807, 2.05) is 47.1 Å². The van der Waals surface area contributed by atoms with Crippen LogP contribution in [0.5, 0.6) is 0 Å². The Morgan fingerprint density at radius 1 is 1.12 bits per heavy atom. The maximum atomic E-state index is 10.1. The molecular formula is C26H23N3S3. The molecule has 160 valence electrons. The number of thiophene rings is 3. The average molecular weight is 474 g/mol. The van der Waals surface area contributed by atoms with E-state index in [2.05, 4.69) is 74.5 Å². The first-order chi connectivity index (χ1) is 15.5. The molecule has 2 atom stereocenters. The van der Waals surface area contributed by atoms with Crippen molar-refractivity contribution in [3.05, 3.63) is 70.6 Å². The highest BCUT2D eigenvalue weighted by atomic mass is 32.1. The number of nitriles is 1. The van der Waals surface area contributed by atoms with Crippen molar-refractivity contribution in [2.45, 2.75) is 24.8 Å². The van der Waals surface area contributed by atoms with Crippen molar-refractivity contribution in [2.75, 3.05) is 19.0 Å². The number of allylic oxidation sites excluding steroid dienone is 1. The van der Waals surface area contributed by atoms with Gasteiger partial charge in [-0.05, 0) is 42.2 Å². The highest BCUT2D eigenvalue weighted by molar-refractivity contribution is 7.39. The predicted octanol–water partition coefficient (Wildman–Crippen LogP) is 7.72. The summed E-state index contributed by atoms with van der Waals surface area (Å²) < 4.78 is 5.31. The molecule has 5 rings (SSSR count). The minimum atomic E-state index is -0.599. The van der Waals surface area contributed by atoms with E-state index in [1.165, 1.54) is 29.4 Å².